The van der Waals surface area contributed by atoms with Gasteiger partial charge in [0.25, 0.3) is 5.91 Å². The zero-order chi connectivity index (χ0) is 13.5. The summed E-state index contributed by atoms with van der Waals surface area (Å²) >= 11 is 0. The Hall–Kier alpha value is -1.69. The van der Waals surface area contributed by atoms with E-state index in [4.69, 9.17) is 5.73 Å². The van der Waals surface area contributed by atoms with E-state index in [1.807, 2.05) is 0 Å². The number of nitrogen functional groups attached to an aromatic ring is 1. The maximum Gasteiger partial charge on any atom is 0.256 e. The molecule has 0 saturated carbocycles. The van der Waals surface area contributed by atoms with Crippen molar-refractivity contribution in [2.24, 2.45) is 0 Å². The normalized spacial score (nSPS) is 23.4. The Morgan fingerprint density at radius 3 is 2.61 bits per heavy atom. The summed E-state index contributed by atoms with van der Waals surface area (Å²) in [5.74, 6) is -2.69. The summed E-state index contributed by atoms with van der Waals surface area (Å²) < 4.78 is 26.0. The second-order valence-electron chi connectivity index (χ2n) is 4.83. The van der Waals surface area contributed by atoms with Gasteiger partial charge in [-0.2, -0.15) is 0 Å². The van der Waals surface area contributed by atoms with Crippen LogP contribution in [0.4, 0.5) is 14.5 Å². The number of β-amino-alcohol motifs (C(OH)–C–C–N with tert-alkyl or cyclic N) is 1. The van der Waals surface area contributed by atoms with Crippen molar-refractivity contribution in [3.63, 3.8) is 0 Å². The number of amides is 1. The molecule has 0 radical (unpaired) electrons. The van der Waals surface area contributed by atoms with Gasteiger partial charge in [-0.3, -0.25) is 4.79 Å². The second kappa shape index (κ2) is 4.20. The minimum Gasteiger partial charge on any atom is -0.398 e. The molecule has 3 N–H and O–H groups in total. The van der Waals surface area contributed by atoms with Crippen LogP contribution in [0.15, 0.2) is 12.1 Å². The lowest BCUT2D eigenvalue weighted by molar-refractivity contribution is 0.0572. The van der Waals surface area contributed by atoms with Crippen LogP contribution < -0.4 is 5.73 Å². The molecule has 18 heavy (non-hydrogen) atoms. The highest BCUT2D eigenvalue weighted by Gasteiger charge is 2.35. The molecule has 1 unspecified atom stereocenters. The van der Waals surface area contributed by atoms with Crippen LogP contribution >= 0.6 is 0 Å². The van der Waals surface area contributed by atoms with E-state index in [2.05, 4.69) is 0 Å². The highest BCUT2D eigenvalue weighted by atomic mass is 19.2. The standard InChI is InChI=1S/C12H14F2N2O2/c1-12(18)2-3-16(6-12)11(17)7-4-8(13)9(14)5-10(7)15/h4-5,18H,2-3,6,15H2,1H3. The summed E-state index contributed by atoms with van der Waals surface area (Å²) in [5, 5.41) is 9.77. The zero-order valence-corrected chi connectivity index (χ0v) is 9.91. The molecule has 1 aliphatic rings. The number of carbonyl (C=O) groups is 1. The number of benzene rings is 1. The van der Waals surface area contributed by atoms with Gasteiger partial charge in [0.05, 0.1) is 11.2 Å². The first-order valence-electron chi connectivity index (χ1n) is 5.56. The third-order valence-corrected chi connectivity index (χ3v) is 3.06. The third kappa shape index (κ3) is 2.28. The van der Waals surface area contributed by atoms with Gasteiger partial charge in [-0.1, -0.05) is 0 Å². The molecule has 0 spiro atoms. The Bertz CT molecular complexity index is 503. The van der Waals surface area contributed by atoms with E-state index in [1.165, 1.54) is 4.90 Å². The van der Waals surface area contributed by atoms with Crippen molar-refractivity contribution in [3.05, 3.63) is 29.3 Å². The molecule has 0 bridgehead atoms. The maximum atomic E-state index is 13.1. The minimum atomic E-state index is -1.11. The molecule has 4 nitrogen and oxygen atoms in total. The van der Waals surface area contributed by atoms with Crippen molar-refractivity contribution in [3.8, 4) is 0 Å². The summed E-state index contributed by atoms with van der Waals surface area (Å²) in [6.45, 7) is 2.14. The second-order valence-corrected chi connectivity index (χ2v) is 4.83. The van der Waals surface area contributed by atoms with E-state index in [0.717, 1.165) is 12.1 Å². The molecular weight excluding hydrogens is 242 g/mol. The fourth-order valence-corrected chi connectivity index (χ4v) is 2.04. The van der Waals surface area contributed by atoms with Crippen LogP contribution in [0, 0.1) is 11.6 Å². The van der Waals surface area contributed by atoms with Gasteiger partial charge in [-0.25, -0.2) is 8.78 Å². The van der Waals surface area contributed by atoms with Crippen molar-refractivity contribution in [2.45, 2.75) is 18.9 Å². The lowest BCUT2D eigenvalue weighted by Gasteiger charge is -2.19. The van der Waals surface area contributed by atoms with Crippen LogP contribution in [0.5, 0.6) is 0 Å². The van der Waals surface area contributed by atoms with Crippen LogP contribution in [0.2, 0.25) is 0 Å². The molecule has 1 aromatic carbocycles. The average molecular weight is 256 g/mol. The summed E-state index contributed by atoms with van der Waals surface area (Å²) in [5.41, 5.74) is 4.38. The Labute approximate surface area is 103 Å². The predicted molar refractivity (Wildman–Crippen MR) is 61.9 cm³/mol. The Kier molecular flexibility index (Phi) is 2.98. The van der Waals surface area contributed by atoms with Gasteiger partial charge in [0.15, 0.2) is 11.6 Å². The molecule has 1 aliphatic heterocycles. The van der Waals surface area contributed by atoms with Gasteiger partial charge in [-0.15, -0.1) is 0 Å². The molecule has 1 fully saturated rings. The van der Waals surface area contributed by atoms with Crippen LogP contribution in [0.1, 0.15) is 23.7 Å². The van der Waals surface area contributed by atoms with E-state index in [-0.39, 0.29) is 17.8 Å². The van der Waals surface area contributed by atoms with Gasteiger partial charge in [0.2, 0.25) is 0 Å². The van der Waals surface area contributed by atoms with Crippen molar-refractivity contribution in [1.82, 2.24) is 4.90 Å². The molecular formula is C12H14F2N2O2. The fourth-order valence-electron chi connectivity index (χ4n) is 2.04. The summed E-state index contributed by atoms with van der Waals surface area (Å²) in [7, 11) is 0. The summed E-state index contributed by atoms with van der Waals surface area (Å²) in [4.78, 5) is 13.4. The number of hydrogen-bond acceptors (Lipinski definition) is 3. The average Bonchev–Trinajstić information content (AvgIpc) is 2.63. The Balaban J connectivity index is 2.27. The quantitative estimate of drug-likeness (QED) is 0.740. The zero-order valence-electron chi connectivity index (χ0n) is 9.91. The molecule has 0 aliphatic carbocycles. The number of halogens is 2. The summed E-state index contributed by atoms with van der Waals surface area (Å²) in [6.07, 6.45) is 0.447. The van der Waals surface area contributed by atoms with Gasteiger partial charge in [-0.05, 0) is 19.4 Å². The van der Waals surface area contributed by atoms with Crippen LogP contribution in [-0.2, 0) is 0 Å². The van der Waals surface area contributed by atoms with Gasteiger partial charge >= 0.3 is 0 Å². The lowest BCUT2D eigenvalue weighted by Crippen LogP contribution is -2.34. The van der Waals surface area contributed by atoms with Crippen molar-refractivity contribution in [2.75, 3.05) is 18.8 Å². The van der Waals surface area contributed by atoms with E-state index in [1.54, 1.807) is 6.92 Å². The number of rotatable bonds is 1. The highest BCUT2D eigenvalue weighted by molar-refractivity contribution is 5.99. The molecule has 98 valence electrons. The van der Waals surface area contributed by atoms with E-state index in [9.17, 15) is 18.7 Å². The van der Waals surface area contributed by atoms with E-state index < -0.39 is 23.1 Å². The first kappa shape index (κ1) is 12.8. The lowest BCUT2D eigenvalue weighted by atomic mass is 10.1. The number of hydrogen-bond donors (Lipinski definition) is 2. The third-order valence-electron chi connectivity index (χ3n) is 3.06. The number of anilines is 1. The first-order chi connectivity index (χ1) is 8.30. The van der Waals surface area contributed by atoms with Crippen molar-refractivity contribution in [1.29, 1.82) is 0 Å². The van der Waals surface area contributed by atoms with Crippen LogP contribution in [0.3, 0.4) is 0 Å². The van der Waals surface area contributed by atoms with Gasteiger partial charge < -0.3 is 15.7 Å². The smallest absolute Gasteiger partial charge is 0.256 e. The summed E-state index contributed by atoms with van der Waals surface area (Å²) in [6, 6.07) is 1.58. The Morgan fingerprint density at radius 1 is 1.44 bits per heavy atom. The largest absolute Gasteiger partial charge is 0.398 e. The molecule has 0 aromatic heterocycles. The molecule has 1 aromatic rings. The number of carbonyl (C=O) groups excluding carboxylic acids is 1. The topological polar surface area (TPSA) is 66.6 Å². The maximum absolute atomic E-state index is 13.1. The molecule has 1 saturated heterocycles. The highest BCUT2D eigenvalue weighted by Crippen LogP contribution is 2.25. The molecule has 2 rings (SSSR count). The molecule has 1 atom stereocenters. The minimum absolute atomic E-state index is 0.0772. The SMILES string of the molecule is CC1(O)CCN(C(=O)c2cc(F)c(F)cc2N)C1. The van der Waals surface area contributed by atoms with Crippen molar-refractivity contribution < 1.29 is 18.7 Å². The molecule has 6 heteroatoms. The fraction of sp³-hybridized carbons (Fsp3) is 0.417. The molecule has 1 amide bonds. The van der Waals surface area contributed by atoms with Crippen molar-refractivity contribution >= 4 is 11.6 Å². The number of aliphatic hydroxyl groups is 1. The van der Waals surface area contributed by atoms with E-state index >= 15 is 0 Å². The monoisotopic (exact) mass is 256 g/mol. The van der Waals surface area contributed by atoms with Crippen LogP contribution in [0.25, 0.3) is 0 Å². The number of likely N-dealkylation sites (tertiary alicyclic amines) is 1. The predicted octanol–water partition coefficient (Wildman–Crippen LogP) is 1.14. The Morgan fingerprint density at radius 2 is 2.06 bits per heavy atom. The van der Waals surface area contributed by atoms with Gasteiger partial charge in [0, 0.05) is 24.8 Å². The number of nitrogens with zero attached hydrogens (tertiary/aromatic N) is 1. The molecule has 1 heterocycles. The van der Waals surface area contributed by atoms with Crippen LogP contribution in [-0.4, -0.2) is 34.6 Å². The first-order valence-corrected chi connectivity index (χ1v) is 5.56. The number of nitrogens with two attached hydrogens (primary N) is 1. The van der Waals surface area contributed by atoms with E-state index in [0.29, 0.717) is 13.0 Å². The van der Waals surface area contributed by atoms with Gasteiger partial charge in [0.1, 0.15) is 0 Å².